The number of amides is 1. The number of rotatable bonds is 5. The Morgan fingerprint density at radius 1 is 1.53 bits per heavy atom. The summed E-state index contributed by atoms with van der Waals surface area (Å²) in [5, 5.41) is 3.82. The third-order valence-corrected chi connectivity index (χ3v) is 3.23. The zero-order chi connectivity index (χ0) is 13.0. The Morgan fingerprint density at radius 2 is 2.12 bits per heavy atom. The third-order valence-electron chi connectivity index (χ3n) is 2.84. The maximum absolute atomic E-state index is 11.3. The second-order valence-corrected chi connectivity index (χ2v) is 4.38. The van der Waals surface area contributed by atoms with Crippen molar-refractivity contribution in [2.75, 3.05) is 5.32 Å². The first-order chi connectivity index (χ1) is 8.01. The molecular weight excluding hydrogens is 238 g/mol. The Balaban J connectivity index is 3.18. The number of anilines is 1. The Bertz CT molecular complexity index is 416. The van der Waals surface area contributed by atoms with Crippen LogP contribution in [0.1, 0.15) is 42.7 Å². The molecule has 0 aliphatic heterocycles. The number of primary amides is 1. The second-order valence-electron chi connectivity index (χ2n) is 3.98. The Hall–Kier alpha value is -1.29. The topological polar surface area (TPSA) is 68.0 Å². The zero-order valence-electron chi connectivity index (χ0n) is 10.4. The van der Waals surface area contributed by atoms with Gasteiger partial charge in [-0.05, 0) is 25.3 Å². The molecule has 0 spiro atoms. The van der Waals surface area contributed by atoms with E-state index in [1.807, 2.05) is 6.92 Å². The second kappa shape index (κ2) is 5.87. The van der Waals surface area contributed by atoms with Gasteiger partial charge in [0.2, 0.25) is 0 Å². The van der Waals surface area contributed by atoms with E-state index in [1.54, 1.807) is 0 Å². The molecule has 0 fully saturated rings. The maximum Gasteiger partial charge on any atom is 0.269 e. The Morgan fingerprint density at radius 3 is 2.59 bits per heavy atom. The summed E-state index contributed by atoms with van der Waals surface area (Å²) in [7, 11) is 0. The summed E-state index contributed by atoms with van der Waals surface area (Å²) in [6.45, 7) is 6.01. The lowest BCUT2D eigenvalue weighted by molar-refractivity contribution is 0.0996. The van der Waals surface area contributed by atoms with Crippen LogP contribution in [0.2, 0.25) is 5.02 Å². The van der Waals surface area contributed by atoms with Gasteiger partial charge in [0.15, 0.2) is 5.69 Å². The lowest BCUT2D eigenvalue weighted by Crippen LogP contribution is -2.23. The average Bonchev–Trinajstić information content (AvgIpc) is 2.30. The first-order valence-electron chi connectivity index (χ1n) is 5.72. The number of hydrogen-bond acceptors (Lipinski definition) is 3. The third kappa shape index (κ3) is 3.09. The smallest absolute Gasteiger partial charge is 0.269 e. The van der Waals surface area contributed by atoms with E-state index in [4.69, 9.17) is 17.3 Å². The van der Waals surface area contributed by atoms with Crippen LogP contribution in [-0.4, -0.2) is 16.9 Å². The van der Waals surface area contributed by atoms with E-state index in [-0.39, 0.29) is 11.7 Å². The van der Waals surface area contributed by atoms with Crippen molar-refractivity contribution in [1.82, 2.24) is 4.98 Å². The van der Waals surface area contributed by atoms with Gasteiger partial charge in [-0.15, -0.1) is 0 Å². The van der Waals surface area contributed by atoms with Crippen LogP contribution in [0.4, 0.5) is 5.69 Å². The summed E-state index contributed by atoms with van der Waals surface area (Å²) in [5.41, 5.74) is 7.02. The molecule has 17 heavy (non-hydrogen) atoms. The molecule has 5 heteroatoms. The number of carbonyl (C=O) groups excluding carboxylic acids is 1. The summed E-state index contributed by atoms with van der Waals surface area (Å²) >= 11 is 6.01. The number of nitrogens with two attached hydrogens (primary N) is 1. The van der Waals surface area contributed by atoms with Gasteiger partial charge in [-0.3, -0.25) is 4.79 Å². The van der Waals surface area contributed by atoms with Crippen molar-refractivity contribution in [3.63, 3.8) is 0 Å². The molecule has 0 radical (unpaired) electrons. The largest absolute Gasteiger partial charge is 0.380 e. The molecule has 1 aromatic heterocycles. The predicted octanol–water partition coefficient (Wildman–Crippen LogP) is 2.74. The normalized spacial score (nSPS) is 10.6. The van der Waals surface area contributed by atoms with Gasteiger partial charge in [0.1, 0.15) is 0 Å². The quantitative estimate of drug-likeness (QED) is 0.850. The molecule has 1 aromatic rings. The summed E-state index contributed by atoms with van der Waals surface area (Å²) in [5.74, 6) is -0.543. The van der Waals surface area contributed by atoms with Gasteiger partial charge >= 0.3 is 0 Å². The van der Waals surface area contributed by atoms with E-state index < -0.39 is 5.91 Å². The predicted molar refractivity (Wildman–Crippen MR) is 70.5 cm³/mol. The standard InChI is InChI=1S/C12H18ClN3O/c1-4-8(5-2)16-10-7(3)9(13)6-15-11(10)12(14)17/h6,8,16H,4-5H2,1-3H3,(H2,14,17). The molecule has 0 aliphatic carbocycles. The lowest BCUT2D eigenvalue weighted by atomic mass is 10.1. The monoisotopic (exact) mass is 255 g/mol. The molecule has 94 valence electrons. The van der Waals surface area contributed by atoms with Crippen LogP contribution in [0.15, 0.2) is 6.20 Å². The van der Waals surface area contributed by atoms with Crippen molar-refractivity contribution in [3.05, 3.63) is 22.5 Å². The van der Waals surface area contributed by atoms with Crippen molar-refractivity contribution in [2.45, 2.75) is 39.7 Å². The summed E-state index contributed by atoms with van der Waals surface area (Å²) in [6.07, 6.45) is 3.37. The number of nitrogens with one attached hydrogen (secondary N) is 1. The fourth-order valence-corrected chi connectivity index (χ4v) is 1.78. The molecule has 0 bridgehead atoms. The van der Waals surface area contributed by atoms with Crippen molar-refractivity contribution in [3.8, 4) is 0 Å². The van der Waals surface area contributed by atoms with E-state index in [0.717, 1.165) is 18.4 Å². The highest BCUT2D eigenvalue weighted by molar-refractivity contribution is 6.31. The fourth-order valence-electron chi connectivity index (χ4n) is 1.64. The SMILES string of the molecule is CCC(CC)Nc1c(C(N)=O)ncc(Cl)c1C. The van der Waals surface area contributed by atoms with Crippen molar-refractivity contribution < 1.29 is 4.79 Å². The van der Waals surface area contributed by atoms with E-state index in [1.165, 1.54) is 6.20 Å². The number of carbonyl (C=O) groups is 1. The molecule has 0 aliphatic rings. The average molecular weight is 256 g/mol. The van der Waals surface area contributed by atoms with Gasteiger partial charge < -0.3 is 11.1 Å². The first kappa shape index (κ1) is 13.8. The number of pyridine rings is 1. The molecule has 0 unspecified atom stereocenters. The van der Waals surface area contributed by atoms with E-state index >= 15 is 0 Å². The number of aromatic nitrogens is 1. The molecule has 0 atom stereocenters. The van der Waals surface area contributed by atoms with E-state index in [0.29, 0.717) is 10.7 Å². The molecule has 4 nitrogen and oxygen atoms in total. The van der Waals surface area contributed by atoms with Gasteiger partial charge in [0.25, 0.3) is 5.91 Å². The Labute approximate surface area is 107 Å². The molecule has 1 rings (SSSR count). The summed E-state index contributed by atoms with van der Waals surface area (Å²) < 4.78 is 0. The lowest BCUT2D eigenvalue weighted by Gasteiger charge is -2.20. The number of halogens is 1. The highest BCUT2D eigenvalue weighted by atomic mass is 35.5. The van der Waals surface area contributed by atoms with Crippen LogP contribution in [-0.2, 0) is 0 Å². The molecule has 3 N–H and O–H groups in total. The first-order valence-corrected chi connectivity index (χ1v) is 6.10. The van der Waals surface area contributed by atoms with Crippen LogP contribution >= 0.6 is 11.6 Å². The zero-order valence-corrected chi connectivity index (χ0v) is 11.1. The van der Waals surface area contributed by atoms with Crippen LogP contribution in [0.3, 0.4) is 0 Å². The van der Waals surface area contributed by atoms with E-state index in [2.05, 4.69) is 24.1 Å². The van der Waals surface area contributed by atoms with Gasteiger partial charge in [0.05, 0.1) is 10.7 Å². The number of nitrogens with zero attached hydrogens (tertiary/aromatic N) is 1. The van der Waals surface area contributed by atoms with Crippen molar-refractivity contribution in [2.24, 2.45) is 5.73 Å². The fraction of sp³-hybridized carbons (Fsp3) is 0.500. The van der Waals surface area contributed by atoms with Crippen LogP contribution < -0.4 is 11.1 Å². The highest BCUT2D eigenvalue weighted by Crippen LogP contribution is 2.26. The van der Waals surface area contributed by atoms with E-state index in [9.17, 15) is 4.79 Å². The Kier molecular flexibility index (Phi) is 4.75. The number of hydrogen-bond donors (Lipinski definition) is 2. The summed E-state index contributed by atoms with van der Waals surface area (Å²) in [6, 6.07) is 0.284. The minimum atomic E-state index is -0.543. The molecule has 0 saturated carbocycles. The minimum absolute atomic E-state index is 0.249. The van der Waals surface area contributed by atoms with Crippen LogP contribution in [0.25, 0.3) is 0 Å². The van der Waals surface area contributed by atoms with Crippen LogP contribution in [0, 0.1) is 6.92 Å². The van der Waals surface area contributed by atoms with Gasteiger partial charge in [-0.25, -0.2) is 4.98 Å². The molecule has 1 heterocycles. The van der Waals surface area contributed by atoms with Crippen LogP contribution in [0.5, 0.6) is 0 Å². The molecule has 0 aromatic carbocycles. The van der Waals surface area contributed by atoms with Crippen molar-refractivity contribution >= 4 is 23.2 Å². The van der Waals surface area contributed by atoms with Gasteiger partial charge in [-0.1, -0.05) is 25.4 Å². The highest BCUT2D eigenvalue weighted by Gasteiger charge is 2.16. The molecular formula is C12H18ClN3O. The van der Waals surface area contributed by atoms with Gasteiger partial charge in [-0.2, -0.15) is 0 Å². The molecule has 0 saturated heterocycles. The summed E-state index contributed by atoms with van der Waals surface area (Å²) in [4.78, 5) is 15.3. The van der Waals surface area contributed by atoms with Gasteiger partial charge in [0, 0.05) is 12.2 Å². The van der Waals surface area contributed by atoms with Crippen molar-refractivity contribution in [1.29, 1.82) is 0 Å². The molecule has 1 amide bonds. The maximum atomic E-state index is 11.3. The minimum Gasteiger partial charge on any atom is -0.380 e.